The van der Waals surface area contributed by atoms with E-state index in [9.17, 15) is 0 Å². The van der Waals surface area contributed by atoms with Gasteiger partial charge in [0.25, 0.3) is 0 Å². The predicted octanol–water partition coefficient (Wildman–Crippen LogP) is 3.73. The highest BCUT2D eigenvalue weighted by atomic mass is 28.4. The molecule has 1 aliphatic heterocycles. The minimum atomic E-state index is -2.20. The van der Waals surface area contributed by atoms with Gasteiger partial charge in [-0.05, 0) is 33.6 Å². The zero-order valence-corrected chi connectivity index (χ0v) is 12.5. The molecule has 1 saturated heterocycles. The summed E-state index contributed by atoms with van der Waals surface area (Å²) in [5.41, 5.74) is 0.113. The van der Waals surface area contributed by atoms with Crippen LogP contribution in [0.5, 0.6) is 0 Å². The molecule has 98 valence electrons. The van der Waals surface area contributed by atoms with Gasteiger partial charge in [0.15, 0.2) is 0 Å². The Morgan fingerprint density at radius 1 is 1.29 bits per heavy atom. The molecule has 1 unspecified atom stereocenters. The van der Waals surface area contributed by atoms with E-state index in [0.29, 0.717) is 11.5 Å². The summed E-state index contributed by atoms with van der Waals surface area (Å²) in [5.74, 6) is 1.43. The molecule has 0 aromatic carbocycles. The Morgan fingerprint density at radius 2 is 1.76 bits per heavy atom. The summed E-state index contributed by atoms with van der Waals surface area (Å²) in [6.07, 6.45) is 2.12. The molecular formula is C13H24O3Si. The van der Waals surface area contributed by atoms with E-state index in [4.69, 9.17) is 13.6 Å². The zero-order chi connectivity index (χ0) is 13.1. The molecular weight excluding hydrogens is 232 g/mol. The predicted molar refractivity (Wildman–Crippen MR) is 71.8 cm³/mol. The molecule has 0 spiro atoms. The highest BCUT2D eigenvalue weighted by Gasteiger charge is 2.41. The molecule has 1 fully saturated rings. The fourth-order valence-electron chi connectivity index (χ4n) is 1.91. The molecule has 0 bridgehead atoms. The Bertz CT molecular complexity index is 292. The number of ether oxygens (including phenoxy) is 1. The SMILES string of the molecule is C=C(C)O[Si](C)(CCCC1(C)CO1)OC(=C)C. The van der Waals surface area contributed by atoms with Crippen LogP contribution in [0, 0.1) is 0 Å². The highest BCUT2D eigenvalue weighted by Crippen LogP contribution is 2.33. The van der Waals surface area contributed by atoms with Crippen LogP contribution < -0.4 is 0 Å². The van der Waals surface area contributed by atoms with E-state index in [1.165, 1.54) is 0 Å². The Morgan fingerprint density at radius 3 is 2.12 bits per heavy atom. The second kappa shape index (κ2) is 5.27. The standard InChI is InChI=1S/C13H24O3Si/c1-11(2)15-17(6,16-12(3)4)9-7-8-13(5)10-14-13/h1,3,7-10H2,2,4-6H3. The lowest BCUT2D eigenvalue weighted by Gasteiger charge is -2.28. The van der Waals surface area contributed by atoms with E-state index in [0.717, 1.165) is 25.5 Å². The van der Waals surface area contributed by atoms with Gasteiger partial charge in [-0.25, -0.2) is 0 Å². The van der Waals surface area contributed by atoms with Crippen molar-refractivity contribution >= 4 is 8.56 Å². The lowest BCUT2D eigenvalue weighted by atomic mass is 10.1. The second-order valence-corrected chi connectivity index (χ2v) is 8.51. The van der Waals surface area contributed by atoms with Gasteiger partial charge in [-0.15, -0.1) is 0 Å². The van der Waals surface area contributed by atoms with Crippen molar-refractivity contribution in [1.82, 2.24) is 0 Å². The van der Waals surface area contributed by atoms with E-state index >= 15 is 0 Å². The molecule has 3 nitrogen and oxygen atoms in total. The fraction of sp³-hybridized carbons (Fsp3) is 0.692. The summed E-state index contributed by atoms with van der Waals surface area (Å²) in [7, 11) is -2.20. The van der Waals surface area contributed by atoms with Crippen LogP contribution in [-0.2, 0) is 13.6 Å². The molecule has 1 rings (SSSR count). The molecule has 1 atom stereocenters. The first-order valence-electron chi connectivity index (χ1n) is 6.08. The average molecular weight is 256 g/mol. The average Bonchev–Trinajstić information content (AvgIpc) is 2.79. The number of allylic oxidation sites excluding steroid dienone is 2. The maximum atomic E-state index is 5.80. The van der Waals surface area contributed by atoms with Crippen LogP contribution in [0.4, 0.5) is 0 Å². The molecule has 0 aromatic heterocycles. The maximum absolute atomic E-state index is 5.80. The van der Waals surface area contributed by atoms with Gasteiger partial charge in [-0.3, -0.25) is 0 Å². The molecule has 0 aromatic rings. The third-order valence-corrected chi connectivity index (χ3v) is 5.58. The van der Waals surface area contributed by atoms with Crippen molar-refractivity contribution in [1.29, 1.82) is 0 Å². The Hall–Kier alpha value is -0.743. The molecule has 1 aliphatic rings. The van der Waals surface area contributed by atoms with Crippen molar-refractivity contribution in [3.05, 3.63) is 24.7 Å². The van der Waals surface area contributed by atoms with Gasteiger partial charge in [-0.2, -0.15) is 0 Å². The Labute approximate surface area is 106 Å². The topological polar surface area (TPSA) is 31.0 Å². The lowest BCUT2D eigenvalue weighted by Crippen LogP contribution is -2.37. The van der Waals surface area contributed by atoms with Crippen LogP contribution in [0.1, 0.15) is 33.6 Å². The normalized spacial score (nSPS) is 23.1. The second-order valence-electron chi connectivity index (χ2n) is 5.33. The molecule has 4 heteroatoms. The van der Waals surface area contributed by atoms with Crippen LogP contribution >= 0.6 is 0 Å². The van der Waals surface area contributed by atoms with Crippen molar-refractivity contribution in [2.75, 3.05) is 6.61 Å². The van der Waals surface area contributed by atoms with Gasteiger partial charge in [-0.1, -0.05) is 13.2 Å². The zero-order valence-electron chi connectivity index (χ0n) is 11.5. The van der Waals surface area contributed by atoms with Gasteiger partial charge in [0.05, 0.1) is 23.7 Å². The van der Waals surface area contributed by atoms with E-state index in [2.05, 4.69) is 26.6 Å². The number of rotatable bonds is 8. The van der Waals surface area contributed by atoms with E-state index in [1.54, 1.807) is 0 Å². The van der Waals surface area contributed by atoms with Gasteiger partial charge < -0.3 is 13.6 Å². The minimum absolute atomic E-state index is 0.113. The Balaban J connectivity index is 2.43. The first kappa shape index (κ1) is 14.3. The molecule has 0 saturated carbocycles. The van der Waals surface area contributed by atoms with E-state index in [-0.39, 0.29) is 5.60 Å². The van der Waals surface area contributed by atoms with Crippen LogP contribution in [0.25, 0.3) is 0 Å². The van der Waals surface area contributed by atoms with Crippen LogP contribution in [0.2, 0.25) is 12.6 Å². The molecule has 0 N–H and O–H groups in total. The highest BCUT2D eigenvalue weighted by molar-refractivity contribution is 6.66. The lowest BCUT2D eigenvalue weighted by molar-refractivity contribution is 0.261. The monoisotopic (exact) mass is 256 g/mol. The largest absolute Gasteiger partial charge is 0.517 e. The van der Waals surface area contributed by atoms with Gasteiger partial charge in [0, 0.05) is 12.6 Å². The molecule has 0 amide bonds. The van der Waals surface area contributed by atoms with Gasteiger partial charge in [0.1, 0.15) is 0 Å². The van der Waals surface area contributed by atoms with Crippen molar-refractivity contribution in [2.45, 2.75) is 51.8 Å². The van der Waals surface area contributed by atoms with Crippen molar-refractivity contribution in [3.63, 3.8) is 0 Å². The van der Waals surface area contributed by atoms with Crippen molar-refractivity contribution in [2.24, 2.45) is 0 Å². The third kappa shape index (κ3) is 5.41. The van der Waals surface area contributed by atoms with Crippen LogP contribution in [-0.4, -0.2) is 20.8 Å². The Kier molecular flexibility index (Phi) is 4.44. The number of hydrogen-bond donors (Lipinski definition) is 0. The summed E-state index contributed by atoms with van der Waals surface area (Å²) in [6.45, 7) is 16.4. The first-order valence-corrected chi connectivity index (χ1v) is 8.60. The smallest absolute Gasteiger partial charge is 0.456 e. The van der Waals surface area contributed by atoms with Crippen molar-refractivity contribution in [3.8, 4) is 0 Å². The molecule has 0 aliphatic carbocycles. The molecule has 0 radical (unpaired) electrons. The summed E-state index contributed by atoms with van der Waals surface area (Å²) < 4.78 is 17.0. The fourth-order valence-corrected chi connectivity index (χ4v) is 4.45. The third-order valence-electron chi connectivity index (χ3n) is 2.75. The first-order chi connectivity index (χ1) is 7.75. The summed E-state index contributed by atoms with van der Waals surface area (Å²) >= 11 is 0. The van der Waals surface area contributed by atoms with Crippen molar-refractivity contribution < 1.29 is 13.6 Å². The van der Waals surface area contributed by atoms with E-state index in [1.807, 2.05) is 13.8 Å². The summed E-state index contributed by atoms with van der Waals surface area (Å²) in [6, 6.07) is 0.936. The number of hydrogen-bond acceptors (Lipinski definition) is 3. The molecule has 1 heterocycles. The minimum Gasteiger partial charge on any atom is -0.517 e. The van der Waals surface area contributed by atoms with Crippen LogP contribution in [0.3, 0.4) is 0 Å². The van der Waals surface area contributed by atoms with Gasteiger partial charge in [0.2, 0.25) is 0 Å². The summed E-state index contributed by atoms with van der Waals surface area (Å²) in [4.78, 5) is 0. The summed E-state index contributed by atoms with van der Waals surface area (Å²) in [5, 5.41) is 0. The van der Waals surface area contributed by atoms with Crippen LogP contribution in [0.15, 0.2) is 24.7 Å². The maximum Gasteiger partial charge on any atom is 0.456 e. The quantitative estimate of drug-likeness (QED) is 0.377. The number of epoxide rings is 1. The van der Waals surface area contributed by atoms with Gasteiger partial charge >= 0.3 is 8.56 Å². The molecule has 17 heavy (non-hydrogen) atoms. The van der Waals surface area contributed by atoms with E-state index < -0.39 is 8.56 Å².